The molecule has 0 bridgehead atoms. The molecule has 1 spiro atoms. The van der Waals surface area contributed by atoms with E-state index in [-0.39, 0.29) is 17.9 Å². The molecular formula is C23H19ClFN3O3. The normalized spacial score (nSPS) is 31.4. The maximum Gasteiger partial charge on any atom is 0.250 e. The number of amides is 3. The van der Waals surface area contributed by atoms with Crippen LogP contribution in [-0.4, -0.2) is 35.2 Å². The molecule has 4 atom stereocenters. The van der Waals surface area contributed by atoms with Crippen molar-refractivity contribution >= 4 is 40.7 Å². The quantitative estimate of drug-likeness (QED) is 0.693. The Morgan fingerprint density at radius 1 is 1.13 bits per heavy atom. The lowest BCUT2D eigenvalue weighted by atomic mass is 9.75. The molecule has 2 aromatic carbocycles. The molecule has 3 fully saturated rings. The van der Waals surface area contributed by atoms with Gasteiger partial charge < -0.3 is 5.32 Å². The van der Waals surface area contributed by atoms with Crippen molar-refractivity contribution in [2.75, 3.05) is 16.8 Å². The summed E-state index contributed by atoms with van der Waals surface area (Å²) in [6.07, 6.45) is 1.52. The molecule has 0 aromatic heterocycles. The van der Waals surface area contributed by atoms with Gasteiger partial charge in [-0.1, -0.05) is 17.7 Å². The molecule has 0 aliphatic carbocycles. The monoisotopic (exact) mass is 439 g/mol. The lowest BCUT2D eigenvalue weighted by Crippen LogP contribution is -2.54. The van der Waals surface area contributed by atoms with E-state index in [9.17, 15) is 18.8 Å². The van der Waals surface area contributed by atoms with Crippen LogP contribution < -0.4 is 10.2 Å². The number of hydrogen-bond donors (Lipinski definition) is 1. The van der Waals surface area contributed by atoms with Crippen LogP contribution in [0, 0.1) is 24.6 Å². The molecule has 4 aliphatic rings. The van der Waals surface area contributed by atoms with Gasteiger partial charge in [0.2, 0.25) is 17.7 Å². The smallest absolute Gasteiger partial charge is 0.250 e. The van der Waals surface area contributed by atoms with E-state index in [1.807, 2.05) is 11.8 Å². The highest BCUT2D eigenvalue weighted by Crippen LogP contribution is 2.60. The molecule has 0 radical (unpaired) electrons. The Hall–Kier alpha value is -2.77. The maximum absolute atomic E-state index is 14.3. The first-order chi connectivity index (χ1) is 14.9. The molecule has 2 aromatic rings. The van der Waals surface area contributed by atoms with E-state index in [1.54, 1.807) is 18.2 Å². The lowest BCUT2D eigenvalue weighted by molar-refractivity contribution is -0.135. The second-order valence-corrected chi connectivity index (χ2v) is 9.20. The van der Waals surface area contributed by atoms with Crippen LogP contribution in [0.4, 0.5) is 15.8 Å². The number of hydrogen-bond acceptors (Lipinski definition) is 4. The predicted octanol–water partition coefficient (Wildman–Crippen LogP) is 3.22. The highest BCUT2D eigenvalue weighted by Gasteiger charge is 2.74. The second kappa shape index (κ2) is 6.14. The van der Waals surface area contributed by atoms with Crippen molar-refractivity contribution in [3.63, 3.8) is 0 Å². The number of carbonyl (C=O) groups excluding carboxylic acids is 3. The number of imide groups is 1. The highest BCUT2D eigenvalue weighted by atomic mass is 35.5. The zero-order chi connectivity index (χ0) is 21.7. The van der Waals surface area contributed by atoms with Crippen LogP contribution in [0.25, 0.3) is 0 Å². The van der Waals surface area contributed by atoms with Crippen molar-refractivity contribution in [3.8, 4) is 0 Å². The summed E-state index contributed by atoms with van der Waals surface area (Å²) >= 11 is 6.17. The molecule has 0 saturated carbocycles. The number of rotatable bonds is 1. The first-order valence-corrected chi connectivity index (χ1v) is 10.8. The summed E-state index contributed by atoms with van der Waals surface area (Å²) in [6, 6.07) is 8.97. The Balaban J connectivity index is 1.58. The van der Waals surface area contributed by atoms with Crippen LogP contribution in [0.1, 0.15) is 24.0 Å². The predicted molar refractivity (Wildman–Crippen MR) is 112 cm³/mol. The fourth-order valence-corrected chi connectivity index (χ4v) is 6.40. The first kappa shape index (κ1) is 19.0. The van der Waals surface area contributed by atoms with Crippen LogP contribution >= 0.6 is 11.6 Å². The van der Waals surface area contributed by atoms with Gasteiger partial charge in [0.05, 0.1) is 17.5 Å². The van der Waals surface area contributed by atoms with Crippen LogP contribution in [0.15, 0.2) is 36.4 Å². The molecule has 1 N–H and O–H groups in total. The summed E-state index contributed by atoms with van der Waals surface area (Å²) in [5.41, 5.74) is 0.746. The van der Waals surface area contributed by atoms with Crippen molar-refractivity contribution in [2.45, 2.75) is 31.3 Å². The molecule has 4 heterocycles. The Morgan fingerprint density at radius 3 is 2.74 bits per heavy atom. The second-order valence-electron chi connectivity index (χ2n) is 8.76. The molecule has 8 heteroatoms. The van der Waals surface area contributed by atoms with Crippen molar-refractivity contribution in [3.05, 3.63) is 58.4 Å². The van der Waals surface area contributed by atoms with Gasteiger partial charge in [0.25, 0.3) is 0 Å². The lowest BCUT2D eigenvalue weighted by Gasteiger charge is -2.36. The van der Waals surface area contributed by atoms with Gasteiger partial charge in [-0.15, -0.1) is 0 Å². The van der Waals surface area contributed by atoms with E-state index in [2.05, 4.69) is 5.32 Å². The van der Waals surface area contributed by atoms with E-state index in [0.29, 0.717) is 34.9 Å². The van der Waals surface area contributed by atoms with E-state index in [1.165, 1.54) is 23.1 Å². The van der Waals surface area contributed by atoms with Gasteiger partial charge in [0, 0.05) is 22.3 Å². The minimum absolute atomic E-state index is 0.245. The SMILES string of the molecule is Cc1ccc(Cl)cc1N1C(=O)[C@H]2[C@H]3CCCN3[C@@]3(C(=O)Nc4ccc(F)cc43)[C@@H]2C1=O. The average molecular weight is 440 g/mol. The van der Waals surface area contributed by atoms with Crippen LogP contribution in [-0.2, 0) is 19.9 Å². The standard InChI is InChI=1S/C23H19ClFN3O3/c1-11-4-5-12(24)9-17(11)28-20(29)18-16-3-2-8-27(16)23(19(18)21(28)30)14-10-13(25)6-7-15(14)26-22(23)31/h4-7,9-10,16,18-19H,2-3,8H2,1H3,(H,26,31)/t16-,18+,19+,23-/m1/s1. The molecular weight excluding hydrogens is 421 g/mol. The summed E-state index contributed by atoms with van der Waals surface area (Å²) < 4.78 is 14.3. The van der Waals surface area contributed by atoms with E-state index >= 15 is 0 Å². The van der Waals surface area contributed by atoms with Gasteiger partial charge in [-0.3, -0.25) is 19.3 Å². The molecule has 6 nitrogen and oxygen atoms in total. The number of nitrogens with one attached hydrogen (secondary N) is 1. The van der Waals surface area contributed by atoms with Crippen molar-refractivity contribution < 1.29 is 18.8 Å². The number of fused-ring (bicyclic) bond motifs is 7. The van der Waals surface area contributed by atoms with Gasteiger partial charge in [0.15, 0.2) is 0 Å². The number of carbonyl (C=O) groups is 3. The fraction of sp³-hybridized carbons (Fsp3) is 0.348. The van der Waals surface area contributed by atoms with Gasteiger partial charge >= 0.3 is 0 Å². The van der Waals surface area contributed by atoms with Gasteiger partial charge in [0.1, 0.15) is 11.4 Å². The molecule has 4 aliphatic heterocycles. The minimum atomic E-state index is -1.38. The van der Waals surface area contributed by atoms with Crippen LogP contribution in [0.2, 0.25) is 5.02 Å². The van der Waals surface area contributed by atoms with Gasteiger partial charge in [-0.2, -0.15) is 0 Å². The Morgan fingerprint density at radius 2 is 1.94 bits per heavy atom. The largest absolute Gasteiger partial charge is 0.324 e. The number of nitrogens with zero attached hydrogens (tertiary/aromatic N) is 2. The number of benzene rings is 2. The van der Waals surface area contributed by atoms with Crippen LogP contribution in [0.5, 0.6) is 0 Å². The van der Waals surface area contributed by atoms with Crippen molar-refractivity contribution in [2.24, 2.45) is 11.8 Å². The third-order valence-electron chi connectivity index (χ3n) is 7.37. The molecule has 0 unspecified atom stereocenters. The molecule has 158 valence electrons. The van der Waals surface area contributed by atoms with E-state index < -0.39 is 29.1 Å². The van der Waals surface area contributed by atoms with Crippen molar-refractivity contribution in [1.82, 2.24) is 4.90 Å². The van der Waals surface area contributed by atoms with Gasteiger partial charge in [-0.25, -0.2) is 9.29 Å². The summed E-state index contributed by atoms with van der Waals surface area (Å²) in [6.45, 7) is 2.39. The summed E-state index contributed by atoms with van der Waals surface area (Å²) in [5.74, 6) is -3.15. The zero-order valence-electron chi connectivity index (χ0n) is 16.7. The number of halogens is 2. The Bertz CT molecular complexity index is 1200. The Kier molecular flexibility index (Phi) is 3.76. The third-order valence-corrected chi connectivity index (χ3v) is 7.60. The maximum atomic E-state index is 14.3. The number of aryl methyl sites for hydroxylation is 1. The zero-order valence-corrected chi connectivity index (χ0v) is 17.4. The highest BCUT2D eigenvalue weighted by molar-refractivity contribution is 6.32. The summed E-state index contributed by atoms with van der Waals surface area (Å²) in [7, 11) is 0. The molecule has 31 heavy (non-hydrogen) atoms. The number of anilines is 2. The summed E-state index contributed by atoms with van der Waals surface area (Å²) in [5, 5.41) is 3.26. The van der Waals surface area contributed by atoms with E-state index in [4.69, 9.17) is 11.6 Å². The van der Waals surface area contributed by atoms with E-state index in [0.717, 1.165) is 12.0 Å². The molecule has 6 rings (SSSR count). The Labute approximate surface area is 183 Å². The van der Waals surface area contributed by atoms with Crippen molar-refractivity contribution in [1.29, 1.82) is 0 Å². The third kappa shape index (κ3) is 2.18. The van der Waals surface area contributed by atoms with Crippen LogP contribution in [0.3, 0.4) is 0 Å². The topological polar surface area (TPSA) is 69.7 Å². The van der Waals surface area contributed by atoms with Gasteiger partial charge in [-0.05, 0) is 62.2 Å². The average Bonchev–Trinajstić information content (AvgIpc) is 3.43. The fourth-order valence-electron chi connectivity index (χ4n) is 6.24. The summed E-state index contributed by atoms with van der Waals surface area (Å²) in [4.78, 5) is 44.2. The molecule has 3 saturated heterocycles. The molecule has 3 amide bonds. The first-order valence-electron chi connectivity index (χ1n) is 10.4. The minimum Gasteiger partial charge on any atom is -0.324 e.